The van der Waals surface area contributed by atoms with E-state index in [2.05, 4.69) is 0 Å². The first-order chi connectivity index (χ1) is 7.18. The van der Waals surface area contributed by atoms with Crippen molar-refractivity contribution in [3.8, 4) is 0 Å². The van der Waals surface area contributed by atoms with E-state index in [-0.39, 0.29) is 18.0 Å². The van der Waals surface area contributed by atoms with Crippen LogP contribution in [0.1, 0.15) is 12.8 Å². The molecule has 0 bridgehead atoms. The molecule has 0 atom stereocenters. The molecule has 1 aliphatic rings. The quantitative estimate of drug-likeness (QED) is 0.721. The van der Waals surface area contributed by atoms with Crippen LogP contribution in [-0.4, -0.2) is 28.5 Å². The van der Waals surface area contributed by atoms with E-state index in [9.17, 15) is 9.59 Å². The number of hydrogen-bond acceptors (Lipinski definition) is 2. The van der Waals surface area contributed by atoms with Crippen molar-refractivity contribution >= 4 is 5.91 Å². The fourth-order valence-electron chi connectivity index (χ4n) is 1.51. The average molecular weight is 206 g/mol. The molecule has 2 rings (SSSR count). The van der Waals surface area contributed by atoms with E-state index in [1.165, 1.54) is 10.6 Å². The van der Waals surface area contributed by atoms with Gasteiger partial charge in [0, 0.05) is 25.4 Å². The molecule has 0 aromatic carbocycles. The molecule has 0 spiro atoms. The Kier molecular flexibility index (Phi) is 2.58. The van der Waals surface area contributed by atoms with Crippen molar-refractivity contribution in [2.24, 2.45) is 0 Å². The third-order valence-electron chi connectivity index (χ3n) is 2.69. The number of pyridine rings is 1. The van der Waals surface area contributed by atoms with Crippen molar-refractivity contribution in [2.75, 3.05) is 7.05 Å². The van der Waals surface area contributed by atoms with E-state index in [0.717, 1.165) is 12.8 Å². The SMILES string of the molecule is CN(C(=O)Cn1ccccc1=O)C1CC1. The molecule has 4 heteroatoms. The van der Waals surface area contributed by atoms with Gasteiger partial charge < -0.3 is 9.47 Å². The third kappa shape index (κ3) is 2.26. The van der Waals surface area contributed by atoms with Crippen molar-refractivity contribution in [1.82, 2.24) is 9.47 Å². The van der Waals surface area contributed by atoms with Crippen molar-refractivity contribution in [3.05, 3.63) is 34.7 Å². The molecule has 1 heterocycles. The van der Waals surface area contributed by atoms with Gasteiger partial charge in [-0.2, -0.15) is 0 Å². The normalized spacial score (nSPS) is 15.0. The van der Waals surface area contributed by atoms with Crippen molar-refractivity contribution < 1.29 is 4.79 Å². The van der Waals surface area contributed by atoms with Crippen LogP contribution in [0.15, 0.2) is 29.2 Å². The van der Waals surface area contributed by atoms with Gasteiger partial charge in [-0.3, -0.25) is 9.59 Å². The highest BCUT2D eigenvalue weighted by Crippen LogP contribution is 2.25. The van der Waals surface area contributed by atoms with E-state index in [1.807, 2.05) is 0 Å². The van der Waals surface area contributed by atoms with Gasteiger partial charge in [0.05, 0.1) is 0 Å². The van der Waals surface area contributed by atoms with E-state index in [4.69, 9.17) is 0 Å². The summed E-state index contributed by atoms with van der Waals surface area (Å²) in [6.07, 6.45) is 3.82. The van der Waals surface area contributed by atoms with E-state index in [1.54, 1.807) is 30.3 Å². The van der Waals surface area contributed by atoms with Crippen molar-refractivity contribution in [3.63, 3.8) is 0 Å². The highest BCUT2D eigenvalue weighted by atomic mass is 16.2. The van der Waals surface area contributed by atoms with Crippen LogP contribution in [0.2, 0.25) is 0 Å². The summed E-state index contributed by atoms with van der Waals surface area (Å²) < 4.78 is 1.43. The number of carbonyl (C=O) groups excluding carboxylic acids is 1. The molecule has 4 nitrogen and oxygen atoms in total. The fraction of sp³-hybridized carbons (Fsp3) is 0.455. The Morgan fingerprint density at radius 1 is 1.53 bits per heavy atom. The zero-order valence-electron chi connectivity index (χ0n) is 8.72. The van der Waals surface area contributed by atoms with Gasteiger partial charge in [0.1, 0.15) is 6.54 Å². The lowest BCUT2D eigenvalue weighted by atomic mass is 10.4. The zero-order chi connectivity index (χ0) is 10.8. The second kappa shape index (κ2) is 3.88. The molecule has 1 aliphatic carbocycles. The summed E-state index contributed by atoms with van der Waals surface area (Å²) in [5.41, 5.74) is -0.130. The van der Waals surface area contributed by atoms with E-state index < -0.39 is 0 Å². The van der Waals surface area contributed by atoms with Gasteiger partial charge in [-0.1, -0.05) is 6.07 Å². The molecule has 0 unspecified atom stereocenters. The zero-order valence-corrected chi connectivity index (χ0v) is 8.72. The Morgan fingerprint density at radius 3 is 2.87 bits per heavy atom. The Morgan fingerprint density at radius 2 is 2.27 bits per heavy atom. The summed E-state index contributed by atoms with van der Waals surface area (Å²) in [7, 11) is 1.80. The number of aromatic nitrogens is 1. The van der Waals surface area contributed by atoms with Gasteiger partial charge in [-0.15, -0.1) is 0 Å². The molecule has 1 amide bonds. The second-order valence-electron chi connectivity index (χ2n) is 3.90. The number of nitrogens with zero attached hydrogens (tertiary/aromatic N) is 2. The maximum absolute atomic E-state index is 11.7. The van der Waals surface area contributed by atoms with Crippen molar-refractivity contribution in [2.45, 2.75) is 25.4 Å². The van der Waals surface area contributed by atoms with Gasteiger partial charge in [-0.05, 0) is 18.9 Å². The van der Waals surface area contributed by atoms with Crippen LogP contribution >= 0.6 is 0 Å². The minimum Gasteiger partial charge on any atom is -0.341 e. The second-order valence-corrected chi connectivity index (χ2v) is 3.90. The minimum atomic E-state index is -0.130. The predicted molar refractivity (Wildman–Crippen MR) is 56.5 cm³/mol. The van der Waals surface area contributed by atoms with E-state index >= 15 is 0 Å². The molecule has 0 aliphatic heterocycles. The smallest absolute Gasteiger partial charge is 0.250 e. The Balaban J connectivity index is 2.05. The summed E-state index contributed by atoms with van der Waals surface area (Å²) in [4.78, 5) is 24.8. The highest BCUT2D eigenvalue weighted by Gasteiger charge is 2.29. The van der Waals surface area contributed by atoms with Crippen LogP contribution in [0.3, 0.4) is 0 Å². The Hall–Kier alpha value is -1.58. The molecular formula is C11H14N2O2. The third-order valence-corrected chi connectivity index (χ3v) is 2.69. The van der Waals surface area contributed by atoms with Crippen LogP contribution in [0.4, 0.5) is 0 Å². The molecule has 0 radical (unpaired) electrons. The topological polar surface area (TPSA) is 42.3 Å². The first-order valence-corrected chi connectivity index (χ1v) is 5.09. The predicted octanol–water partition coefficient (Wildman–Crippen LogP) is 0.469. The number of rotatable bonds is 3. The molecule has 80 valence electrons. The van der Waals surface area contributed by atoms with Gasteiger partial charge in [0.2, 0.25) is 5.91 Å². The van der Waals surface area contributed by atoms with Crippen LogP contribution in [0, 0.1) is 0 Å². The lowest BCUT2D eigenvalue weighted by molar-refractivity contribution is -0.131. The minimum absolute atomic E-state index is 0.00537. The van der Waals surface area contributed by atoms with Gasteiger partial charge >= 0.3 is 0 Å². The lowest BCUT2D eigenvalue weighted by Gasteiger charge is -2.16. The molecule has 0 saturated heterocycles. The van der Waals surface area contributed by atoms with Gasteiger partial charge in [-0.25, -0.2) is 0 Å². The monoisotopic (exact) mass is 206 g/mol. The molecule has 1 aromatic rings. The maximum atomic E-state index is 11.7. The summed E-state index contributed by atoms with van der Waals surface area (Å²) in [5.74, 6) is 0.00537. The molecule has 1 fully saturated rings. The average Bonchev–Trinajstić information content (AvgIpc) is 3.04. The first kappa shape index (κ1) is 9.96. The largest absolute Gasteiger partial charge is 0.341 e. The van der Waals surface area contributed by atoms with E-state index in [0.29, 0.717) is 6.04 Å². The Labute approximate surface area is 88.1 Å². The standard InChI is InChI=1S/C11H14N2O2/c1-12(9-5-6-9)11(15)8-13-7-3-2-4-10(13)14/h2-4,7,9H,5-6,8H2,1H3. The lowest BCUT2D eigenvalue weighted by Crippen LogP contribution is -2.34. The molecule has 1 aromatic heterocycles. The molecule has 1 saturated carbocycles. The maximum Gasteiger partial charge on any atom is 0.250 e. The molecule has 0 N–H and O–H groups in total. The summed E-state index contributed by atoms with van der Waals surface area (Å²) in [5, 5.41) is 0. The first-order valence-electron chi connectivity index (χ1n) is 5.09. The van der Waals surface area contributed by atoms with Crippen molar-refractivity contribution in [1.29, 1.82) is 0 Å². The molecular weight excluding hydrogens is 192 g/mol. The van der Waals surface area contributed by atoms with Crippen LogP contribution in [-0.2, 0) is 11.3 Å². The Bertz CT molecular complexity index is 421. The number of amides is 1. The molecule has 15 heavy (non-hydrogen) atoms. The van der Waals surface area contributed by atoms with Crippen LogP contribution < -0.4 is 5.56 Å². The number of carbonyl (C=O) groups is 1. The highest BCUT2D eigenvalue weighted by molar-refractivity contribution is 5.76. The van der Waals surface area contributed by atoms with Crippen LogP contribution in [0.5, 0.6) is 0 Å². The number of likely N-dealkylation sites (N-methyl/N-ethyl adjacent to an activating group) is 1. The summed E-state index contributed by atoms with van der Waals surface area (Å²) in [6.45, 7) is 0.146. The number of hydrogen-bond donors (Lipinski definition) is 0. The summed E-state index contributed by atoms with van der Waals surface area (Å²) >= 11 is 0. The van der Waals surface area contributed by atoms with Gasteiger partial charge in [0.15, 0.2) is 0 Å². The fourth-order valence-corrected chi connectivity index (χ4v) is 1.51. The van der Waals surface area contributed by atoms with Gasteiger partial charge in [0.25, 0.3) is 5.56 Å². The summed E-state index contributed by atoms with van der Waals surface area (Å²) in [6, 6.07) is 5.29. The van der Waals surface area contributed by atoms with Crippen LogP contribution in [0.25, 0.3) is 0 Å².